The Morgan fingerprint density at radius 1 is 1.32 bits per heavy atom. The minimum atomic E-state index is -0.328. The van der Waals surface area contributed by atoms with Crippen molar-refractivity contribution in [3.63, 3.8) is 0 Å². The van der Waals surface area contributed by atoms with Gasteiger partial charge in [-0.2, -0.15) is 0 Å². The summed E-state index contributed by atoms with van der Waals surface area (Å²) >= 11 is 0. The summed E-state index contributed by atoms with van der Waals surface area (Å²) in [4.78, 5) is 14.6. The van der Waals surface area contributed by atoms with Crippen molar-refractivity contribution in [1.82, 2.24) is 10.2 Å². The largest absolute Gasteiger partial charge is 0.340 e. The summed E-state index contributed by atoms with van der Waals surface area (Å²) in [6.45, 7) is 9.68. The SMILES string of the molecule is Cc1cccc(CC(C)(C)C(=O)N2CCNCC2)c1. The van der Waals surface area contributed by atoms with Crippen LogP contribution < -0.4 is 5.32 Å². The van der Waals surface area contributed by atoms with Crippen LogP contribution in [0.25, 0.3) is 0 Å². The Balaban J connectivity index is 2.06. The first-order chi connectivity index (χ1) is 8.99. The lowest BCUT2D eigenvalue weighted by atomic mass is 9.83. The molecule has 0 spiro atoms. The van der Waals surface area contributed by atoms with Gasteiger partial charge < -0.3 is 10.2 Å². The van der Waals surface area contributed by atoms with E-state index in [1.54, 1.807) is 0 Å². The van der Waals surface area contributed by atoms with Gasteiger partial charge in [-0.25, -0.2) is 0 Å². The van der Waals surface area contributed by atoms with E-state index >= 15 is 0 Å². The zero-order valence-corrected chi connectivity index (χ0v) is 12.2. The van der Waals surface area contributed by atoms with Gasteiger partial charge in [0, 0.05) is 31.6 Å². The molecule has 19 heavy (non-hydrogen) atoms. The van der Waals surface area contributed by atoms with Crippen LogP contribution in [0.3, 0.4) is 0 Å². The third-order valence-electron chi connectivity index (χ3n) is 3.71. The smallest absolute Gasteiger partial charge is 0.228 e. The molecular weight excluding hydrogens is 236 g/mol. The van der Waals surface area contributed by atoms with Crippen molar-refractivity contribution in [2.45, 2.75) is 27.2 Å². The molecule has 1 amide bonds. The minimum absolute atomic E-state index is 0.274. The fourth-order valence-corrected chi connectivity index (χ4v) is 2.70. The molecule has 1 aromatic carbocycles. The lowest BCUT2D eigenvalue weighted by Crippen LogP contribution is -2.51. The molecular formula is C16H24N2O. The topological polar surface area (TPSA) is 32.3 Å². The number of carbonyl (C=O) groups is 1. The maximum absolute atomic E-state index is 12.6. The number of hydrogen-bond acceptors (Lipinski definition) is 2. The zero-order valence-electron chi connectivity index (χ0n) is 12.2. The molecule has 1 fully saturated rings. The Labute approximate surface area is 116 Å². The van der Waals surface area contributed by atoms with Crippen LogP contribution in [-0.4, -0.2) is 37.0 Å². The number of aryl methyl sites for hydroxylation is 1. The first-order valence-electron chi connectivity index (χ1n) is 7.05. The first kappa shape index (κ1) is 14.1. The van der Waals surface area contributed by atoms with Crippen LogP contribution in [0.1, 0.15) is 25.0 Å². The molecule has 2 rings (SSSR count). The van der Waals surface area contributed by atoms with Gasteiger partial charge in [-0.1, -0.05) is 43.7 Å². The van der Waals surface area contributed by atoms with E-state index in [1.165, 1.54) is 11.1 Å². The van der Waals surface area contributed by atoms with Crippen molar-refractivity contribution in [3.8, 4) is 0 Å². The van der Waals surface area contributed by atoms with Gasteiger partial charge in [0.2, 0.25) is 5.91 Å². The molecule has 1 heterocycles. The highest BCUT2D eigenvalue weighted by Crippen LogP contribution is 2.25. The lowest BCUT2D eigenvalue weighted by Gasteiger charge is -2.34. The first-order valence-corrected chi connectivity index (χ1v) is 7.05. The molecule has 1 aliphatic heterocycles. The van der Waals surface area contributed by atoms with Crippen molar-refractivity contribution in [2.75, 3.05) is 26.2 Å². The van der Waals surface area contributed by atoms with Gasteiger partial charge in [-0.05, 0) is 18.9 Å². The molecule has 0 unspecified atom stereocenters. The van der Waals surface area contributed by atoms with Crippen LogP contribution in [0, 0.1) is 12.3 Å². The molecule has 0 bridgehead atoms. The Bertz CT molecular complexity index is 448. The highest BCUT2D eigenvalue weighted by molar-refractivity contribution is 5.82. The predicted octanol–water partition coefficient (Wildman–Crippen LogP) is 2.00. The van der Waals surface area contributed by atoms with Gasteiger partial charge in [-0.15, -0.1) is 0 Å². The quantitative estimate of drug-likeness (QED) is 0.901. The Kier molecular flexibility index (Phi) is 4.25. The van der Waals surface area contributed by atoms with E-state index < -0.39 is 0 Å². The molecule has 0 aromatic heterocycles. The number of piperazine rings is 1. The van der Waals surface area contributed by atoms with Crippen molar-refractivity contribution < 1.29 is 4.79 Å². The third-order valence-corrected chi connectivity index (χ3v) is 3.71. The Hall–Kier alpha value is -1.35. The van der Waals surface area contributed by atoms with Gasteiger partial charge in [0.15, 0.2) is 0 Å². The molecule has 0 atom stereocenters. The molecule has 1 aromatic rings. The average molecular weight is 260 g/mol. The highest BCUT2D eigenvalue weighted by Gasteiger charge is 2.32. The van der Waals surface area contributed by atoms with Gasteiger partial charge >= 0.3 is 0 Å². The van der Waals surface area contributed by atoms with E-state index in [0.717, 1.165) is 32.6 Å². The number of nitrogens with zero attached hydrogens (tertiary/aromatic N) is 1. The van der Waals surface area contributed by atoms with Crippen molar-refractivity contribution in [1.29, 1.82) is 0 Å². The van der Waals surface area contributed by atoms with E-state index in [9.17, 15) is 4.79 Å². The molecule has 104 valence electrons. The standard InChI is InChI=1S/C16H24N2O/c1-13-5-4-6-14(11-13)12-16(2,3)15(19)18-9-7-17-8-10-18/h4-6,11,17H,7-10,12H2,1-3H3. The second-order valence-electron chi connectivity index (χ2n) is 6.09. The number of benzene rings is 1. The van der Waals surface area contributed by atoms with Gasteiger partial charge in [0.1, 0.15) is 0 Å². The van der Waals surface area contributed by atoms with Crippen LogP contribution in [0.15, 0.2) is 24.3 Å². The summed E-state index contributed by atoms with van der Waals surface area (Å²) in [5.41, 5.74) is 2.17. The van der Waals surface area contributed by atoms with Crippen LogP contribution >= 0.6 is 0 Å². The fraction of sp³-hybridized carbons (Fsp3) is 0.562. The predicted molar refractivity (Wildman–Crippen MR) is 78.1 cm³/mol. The Morgan fingerprint density at radius 2 is 2.00 bits per heavy atom. The number of nitrogens with one attached hydrogen (secondary N) is 1. The van der Waals surface area contributed by atoms with Crippen molar-refractivity contribution in [2.24, 2.45) is 5.41 Å². The summed E-state index contributed by atoms with van der Waals surface area (Å²) in [6, 6.07) is 8.44. The lowest BCUT2D eigenvalue weighted by molar-refractivity contribution is -0.140. The van der Waals surface area contributed by atoms with Gasteiger partial charge in [0.05, 0.1) is 0 Å². The summed E-state index contributed by atoms with van der Waals surface area (Å²) in [5, 5.41) is 3.28. The summed E-state index contributed by atoms with van der Waals surface area (Å²) in [7, 11) is 0. The van der Waals surface area contributed by atoms with E-state index in [1.807, 2.05) is 4.90 Å². The van der Waals surface area contributed by atoms with E-state index in [-0.39, 0.29) is 11.3 Å². The molecule has 1 N–H and O–H groups in total. The second kappa shape index (κ2) is 5.74. The Morgan fingerprint density at radius 3 is 2.63 bits per heavy atom. The van der Waals surface area contributed by atoms with E-state index in [4.69, 9.17) is 0 Å². The van der Waals surface area contributed by atoms with Gasteiger partial charge in [0.25, 0.3) is 0 Å². The van der Waals surface area contributed by atoms with Gasteiger partial charge in [-0.3, -0.25) is 4.79 Å². The number of carbonyl (C=O) groups excluding carboxylic acids is 1. The summed E-state index contributed by atoms with van der Waals surface area (Å²) in [6.07, 6.45) is 0.803. The molecule has 3 nitrogen and oxygen atoms in total. The average Bonchev–Trinajstić information content (AvgIpc) is 2.38. The molecule has 0 radical (unpaired) electrons. The van der Waals surface area contributed by atoms with Crippen LogP contribution in [0.4, 0.5) is 0 Å². The zero-order chi connectivity index (χ0) is 13.9. The van der Waals surface area contributed by atoms with Crippen molar-refractivity contribution in [3.05, 3.63) is 35.4 Å². The number of hydrogen-bond donors (Lipinski definition) is 1. The number of rotatable bonds is 3. The van der Waals surface area contributed by atoms with Crippen LogP contribution in [-0.2, 0) is 11.2 Å². The molecule has 0 aliphatic carbocycles. The summed E-state index contributed by atoms with van der Waals surface area (Å²) in [5.74, 6) is 0.274. The molecule has 0 saturated carbocycles. The molecule has 1 aliphatic rings. The van der Waals surface area contributed by atoms with Crippen LogP contribution in [0.5, 0.6) is 0 Å². The van der Waals surface area contributed by atoms with Crippen molar-refractivity contribution >= 4 is 5.91 Å². The fourth-order valence-electron chi connectivity index (χ4n) is 2.70. The minimum Gasteiger partial charge on any atom is -0.340 e. The maximum atomic E-state index is 12.6. The molecule has 1 saturated heterocycles. The number of amides is 1. The highest BCUT2D eigenvalue weighted by atomic mass is 16.2. The summed E-state index contributed by atoms with van der Waals surface area (Å²) < 4.78 is 0. The maximum Gasteiger partial charge on any atom is 0.228 e. The third kappa shape index (κ3) is 3.57. The van der Waals surface area contributed by atoms with Crippen LogP contribution in [0.2, 0.25) is 0 Å². The normalized spacial score (nSPS) is 16.5. The van der Waals surface area contributed by atoms with E-state index in [0.29, 0.717) is 0 Å². The van der Waals surface area contributed by atoms with E-state index in [2.05, 4.69) is 50.4 Å². The monoisotopic (exact) mass is 260 g/mol. The molecule has 3 heteroatoms. The second-order valence-corrected chi connectivity index (χ2v) is 6.09.